The molecule has 1 aromatic rings. The third-order valence-electron chi connectivity index (χ3n) is 2.59. The Morgan fingerprint density at radius 2 is 1.88 bits per heavy atom. The van der Waals surface area contributed by atoms with Crippen molar-refractivity contribution in [3.05, 3.63) is 35.6 Å². The molecule has 0 radical (unpaired) electrons. The fraction of sp³-hybridized carbons (Fsp3) is 0.571. The van der Waals surface area contributed by atoms with E-state index in [0.717, 1.165) is 30.5 Å². The van der Waals surface area contributed by atoms with Crippen molar-refractivity contribution >= 4 is 15.9 Å². The molecule has 1 atom stereocenters. The summed E-state index contributed by atoms with van der Waals surface area (Å²) in [4.78, 5) is 0. The summed E-state index contributed by atoms with van der Waals surface area (Å²) >= 11 is 3.50. The molecule has 3 heteroatoms. The van der Waals surface area contributed by atoms with E-state index in [0.29, 0.717) is 11.8 Å². The zero-order valence-corrected chi connectivity index (χ0v) is 12.0. The number of rotatable bonds is 7. The van der Waals surface area contributed by atoms with Gasteiger partial charge in [-0.2, -0.15) is 0 Å². The van der Waals surface area contributed by atoms with Crippen LogP contribution in [0.15, 0.2) is 24.3 Å². The largest absolute Gasteiger partial charge is 0.381 e. The highest BCUT2D eigenvalue weighted by Gasteiger charge is 2.10. The number of hydrogen-bond acceptors (Lipinski definition) is 1. The molecule has 0 spiro atoms. The Morgan fingerprint density at radius 1 is 1.24 bits per heavy atom. The molecule has 0 saturated carbocycles. The molecule has 1 nitrogen and oxygen atoms in total. The van der Waals surface area contributed by atoms with E-state index in [4.69, 9.17) is 4.74 Å². The Balaban J connectivity index is 2.40. The number of hydrogen-bond donors (Lipinski definition) is 0. The maximum atomic E-state index is 12.8. The molecule has 0 bridgehead atoms. The molecule has 0 aliphatic heterocycles. The lowest BCUT2D eigenvalue weighted by molar-refractivity contribution is 0.105. The average Bonchev–Trinajstić information content (AvgIpc) is 2.30. The second kappa shape index (κ2) is 7.83. The molecule has 0 N–H and O–H groups in total. The highest BCUT2D eigenvalue weighted by atomic mass is 79.9. The van der Waals surface area contributed by atoms with Crippen molar-refractivity contribution in [2.45, 2.75) is 26.2 Å². The van der Waals surface area contributed by atoms with Crippen LogP contribution in [-0.4, -0.2) is 18.5 Å². The summed E-state index contributed by atoms with van der Waals surface area (Å²) in [5.41, 5.74) is 1.16. The zero-order valence-electron chi connectivity index (χ0n) is 10.5. The van der Waals surface area contributed by atoms with Gasteiger partial charge in [-0.25, -0.2) is 4.39 Å². The molecule has 1 rings (SSSR count). The summed E-state index contributed by atoms with van der Waals surface area (Å²) in [6.07, 6.45) is 0.962. The standard InChI is InChI=1S/C14H20BrFO/c1-11(2)10-17-8-7-13(9-15)12-3-5-14(16)6-4-12/h3-6,11,13H,7-10H2,1-2H3. The van der Waals surface area contributed by atoms with Crippen LogP contribution in [0.5, 0.6) is 0 Å². The van der Waals surface area contributed by atoms with Crippen molar-refractivity contribution < 1.29 is 9.13 Å². The molecule has 1 aromatic carbocycles. The Morgan fingerprint density at radius 3 is 2.41 bits per heavy atom. The first kappa shape index (κ1) is 14.7. The maximum absolute atomic E-state index is 12.8. The van der Waals surface area contributed by atoms with Crippen LogP contribution in [0.3, 0.4) is 0 Å². The van der Waals surface area contributed by atoms with Crippen molar-refractivity contribution in [3.8, 4) is 0 Å². The maximum Gasteiger partial charge on any atom is 0.123 e. The molecule has 1 unspecified atom stereocenters. The highest BCUT2D eigenvalue weighted by molar-refractivity contribution is 9.09. The van der Waals surface area contributed by atoms with E-state index >= 15 is 0 Å². The summed E-state index contributed by atoms with van der Waals surface area (Å²) < 4.78 is 18.4. The van der Waals surface area contributed by atoms with E-state index in [1.807, 2.05) is 12.1 Å². The van der Waals surface area contributed by atoms with Gasteiger partial charge in [-0.3, -0.25) is 0 Å². The van der Waals surface area contributed by atoms with Crippen LogP contribution in [0, 0.1) is 11.7 Å². The second-order valence-electron chi connectivity index (χ2n) is 4.66. The number of benzene rings is 1. The van der Waals surface area contributed by atoms with Crippen molar-refractivity contribution in [1.29, 1.82) is 0 Å². The zero-order chi connectivity index (χ0) is 12.7. The molecule has 0 aliphatic carbocycles. The molecule has 0 saturated heterocycles. The molecule has 96 valence electrons. The van der Waals surface area contributed by atoms with Crippen molar-refractivity contribution in [2.24, 2.45) is 5.92 Å². The molecular formula is C14H20BrFO. The van der Waals surface area contributed by atoms with Crippen LogP contribution in [0.4, 0.5) is 4.39 Å². The highest BCUT2D eigenvalue weighted by Crippen LogP contribution is 2.22. The summed E-state index contributed by atoms with van der Waals surface area (Å²) in [5, 5.41) is 0.879. The van der Waals surface area contributed by atoms with Crippen molar-refractivity contribution in [3.63, 3.8) is 0 Å². The quantitative estimate of drug-likeness (QED) is 0.537. The molecule has 0 aliphatic rings. The Hall–Kier alpha value is -0.410. The Kier molecular flexibility index (Phi) is 6.75. The van der Waals surface area contributed by atoms with E-state index in [-0.39, 0.29) is 5.82 Å². The van der Waals surface area contributed by atoms with Crippen LogP contribution in [0.1, 0.15) is 31.7 Å². The fourth-order valence-corrected chi connectivity index (χ4v) is 2.31. The second-order valence-corrected chi connectivity index (χ2v) is 5.31. The minimum Gasteiger partial charge on any atom is -0.381 e. The van der Waals surface area contributed by atoms with Gasteiger partial charge in [0, 0.05) is 18.5 Å². The monoisotopic (exact) mass is 302 g/mol. The minimum atomic E-state index is -0.182. The van der Waals surface area contributed by atoms with Gasteiger partial charge in [-0.15, -0.1) is 0 Å². The molecule has 0 heterocycles. The Labute approximate surface area is 111 Å². The summed E-state index contributed by atoms with van der Waals surface area (Å²) in [6.45, 7) is 5.84. The molecule has 0 fully saturated rings. The van der Waals surface area contributed by atoms with Gasteiger partial charge in [-0.05, 0) is 36.0 Å². The van der Waals surface area contributed by atoms with Crippen LogP contribution in [0.2, 0.25) is 0 Å². The molecule has 0 aromatic heterocycles. The first-order valence-electron chi connectivity index (χ1n) is 6.02. The first-order valence-corrected chi connectivity index (χ1v) is 7.14. The van der Waals surface area contributed by atoms with E-state index in [1.165, 1.54) is 12.1 Å². The van der Waals surface area contributed by atoms with Crippen molar-refractivity contribution in [2.75, 3.05) is 18.5 Å². The van der Waals surface area contributed by atoms with Gasteiger partial charge in [-0.1, -0.05) is 41.9 Å². The number of alkyl halides is 1. The van der Waals surface area contributed by atoms with Crippen LogP contribution in [-0.2, 0) is 4.74 Å². The van der Waals surface area contributed by atoms with Crippen molar-refractivity contribution in [1.82, 2.24) is 0 Å². The summed E-state index contributed by atoms with van der Waals surface area (Å²) in [7, 11) is 0. The van der Waals surface area contributed by atoms with Crippen LogP contribution >= 0.6 is 15.9 Å². The van der Waals surface area contributed by atoms with Gasteiger partial charge < -0.3 is 4.74 Å². The lowest BCUT2D eigenvalue weighted by Gasteiger charge is -2.15. The number of halogens is 2. The molecule has 0 amide bonds. The predicted molar refractivity (Wildman–Crippen MR) is 73.2 cm³/mol. The smallest absolute Gasteiger partial charge is 0.123 e. The van der Waals surface area contributed by atoms with Crippen LogP contribution in [0.25, 0.3) is 0 Å². The van der Waals surface area contributed by atoms with Gasteiger partial charge in [0.25, 0.3) is 0 Å². The Bertz CT molecular complexity index is 311. The average molecular weight is 303 g/mol. The minimum absolute atomic E-state index is 0.182. The van der Waals surface area contributed by atoms with E-state index in [2.05, 4.69) is 29.8 Å². The van der Waals surface area contributed by atoms with E-state index in [1.54, 1.807) is 0 Å². The summed E-state index contributed by atoms with van der Waals surface area (Å²) in [5.74, 6) is 0.782. The normalized spacial score (nSPS) is 13.0. The lowest BCUT2D eigenvalue weighted by atomic mass is 9.98. The number of ether oxygens (including phenoxy) is 1. The van der Waals surface area contributed by atoms with E-state index in [9.17, 15) is 4.39 Å². The SMILES string of the molecule is CC(C)COCCC(CBr)c1ccc(F)cc1. The third-order valence-corrected chi connectivity index (χ3v) is 3.37. The van der Waals surface area contributed by atoms with Gasteiger partial charge >= 0.3 is 0 Å². The first-order chi connectivity index (χ1) is 8.13. The van der Waals surface area contributed by atoms with Gasteiger partial charge in [0.15, 0.2) is 0 Å². The third kappa shape index (κ3) is 5.64. The van der Waals surface area contributed by atoms with Gasteiger partial charge in [0.2, 0.25) is 0 Å². The summed E-state index contributed by atoms with van der Waals surface area (Å²) in [6, 6.07) is 6.73. The van der Waals surface area contributed by atoms with E-state index < -0.39 is 0 Å². The van der Waals surface area contributed by atoms with Gasteiger partial charge in [0.1, 0.15) is 5.82 Å². The van der Waals surface area contributed by atoms with Crippen LogP contribution < -0.4 is 0 Å². The lowest BCUT2D eigenvalue weighted by Crippen LogP contribution is -2.08. The molecule has 17 heavy (non-hydrogen) atoms. The fourth-order valence-electron chi connectivity index (χ4n) is 1.61. The predicted octanol–water partition coefficient (Wildman–Crippen LogP) is 4.37. The molecular weight excluding hydrogens is 283 g/mol. The van der Waals surface area contributed by atoms with Gasteiger partial charge in [0.05, 0.1) is 0 Å². The topological polar surface area (TPSA) is 9.23 Å².